The summed E-state index contributed by atoms with van der Waals surface area (Å²) in [4.78, 5) is 11.4. The summed E-state index contributed by atoms with van der Waals surface area (Å²) in [7, 11) is 0. The van der Waals surface area contributed by atoms with Crippen LogP contribution in [0.1, 0.15) is 17.3 Å². The summed E-state index contributed by atoms with van der Waals surface area (Å²) >= 11 is 0. The van der Waals surface area contributed by atoms with E-state index in [1.165, 1.54) is 6.20 Å². The molecule has 0 aliphatic carbocycles. The van der Waals surface area contributed by atoms with Crippen LogP contribution in [-0.4, -0.2) is 32.1 Å². The first kappa shape index (κ1) is 12.2. The van der Waals surface area contributed by atoms with E-state index in [-0.39, 0.29) is 5.97 Å². The van der Waals surface area contributed by atoms with Crippen molar-refractivity contribution in [3.8, 4) is 0 Å². The van der Waals surface area contributed by atoms with Crippen molar-refractivity contribution in [1.29, 1.82) is 0 Å². The molecule has 0 spiro atoms. The third kappa shape index (κ3) is 2.88. The Morgan fingerprint density at radius 3 is 2.89 bits per heavy atom. The van der Waals surface area contributed by atoms with E-state index < -0.39 is 0 Å². The molecule has 0 fully saturated rings. The van der Waals surface area contributed by atoms with Gasteiger partial charge in [-0.05, 0) is 13.0 Å². The largest absolute Gasteiger partial charge is 0.462 e. The van der Waals surface area contributed by atoms with Crippen LogP contribution in [0.25, 0.3) is 0 Å². The minimum atomic E-state index is -0.355. The number of nitrogens with zero attached hydrogens (tertiary/aromatic N) is 4. The Kier molecular flexibility index (Phi) is 3.61. The van der Waals surface area contributed by atoms with E-state index in [1.54, 1.807) is 34.7 Å². The summed E-state index contributed by atoms with van der Waals surface area (Å²) < 4.78 is 8.28. The summed E-state index contributed by atoms with van der Waals surface area (Å²) in [5, 5.41) is 8.14. The number of rotatable bonds is 5. The van der Waals surface area contributed by atoms with E-state index in [0.29, 0.717) is 31.1 Å². The second-order valence-corrected chi connectivity index (χ2v) is 3.72. The third-order valence-corrected chi connectivity index (χ3v) is 2.36. The van der Waals surface area contributed by atoms with Gasteiger partial charge in [0.25, 0.3) is 0 Å². The lowest BCUT2D eigenvalue weighted by atomic mass is 10.4. The molecule has 0 amide bonds. The average molecular weight is 249 g/mol. The van der Waals surface area contributed by atoms with E-state index in [0.717, 1.165) is 0 Å². The standard InChI is InChI=1S/C11H15N5O2/c1-2-18-11(17)9-7-13-16(8-9)6-5-15-4-3-10(12)14-15/h3-4,7-8H,2,5-6H2,1H3,(H2,12,14). The maximum Gasteiger partial charge on any atom is 0.341 e. The highest BCUT2D eigenvalue weighted by molar-refractivity contribution is 5.88. The van der Waals surface area contributed by atoms with Crippen molar-refractivity contribution >= 4 is 11.8 Å². The highest BCUT2D eigenvalue weighted by Gasteiger charge is 2.09. The molecule has 2 aromatic rings. The number of carbonyl (C=O) groups excluding carboxylic acids is 1. The SMILES string of the molecule is CCOC(=O)c1cnn(CCn2ccc(N)n2)c1. The molecule has 2 heterocycles. The molecule has 2 rings (SSSR count). The van der Waals surface area contributed by atoms with E-state index in [4.69, 9.17) is 10.5 Å². The zero-order chi connectivity index (χ0) is 13.0. The van der Waals surface area contributed by atoms with Crippen LogP contribution in [0.5, 0.6) is 0 Å². The van der Waals surface area contributed by atoms with Crippen LogP contribution in [0.15, 0.2) is 24.7 Å². The van der Waals surface area contributed by atoms with Crippen LogP contribution in [0.2, 0.25) is 0 Å². The zero-order valence-electron chi connectivity index (χ0n) is 10.1. The average Bonchev–Trinajstić information content (AvgIpc) is 2.95. The van der Waals surface area contributed by atoms with Gasteiger partial charge in [0.05, 0.1) is 31.5 Å². The van der Waals surface area contributed by atoms with Crippen molar-refractivity contribution in [1.82, 2.24) is 19.6 Å². The van der Waals surface area contributed by atoms with Gasteiger partial charge in [-0.1, -0.05) is 0 Å². The molecule has 0 aliphatic heterocycles. The monoisotopic (exact) mass is 249 g/mol. The van der Waals surface area contributed by atoms with Gasteiger partial charge in [-0.2, -0.15) is 10.2 Å². The summed E-state index contributed by atoms with van der Waals surface area (Å²) in [6.07, 6.45) is 4.95. The van der Waals surface area contributed by atoms with Crippen molar-refractivity contribution in [3.05, 3.63) is 30.2 Å². The zero-order valence-corrected chi connectivity index (χ0v) is 10.1. The predicted molar refractivity (Wildman–Crippen MR) is 64.8 cm³/mol. The van der Waals surface area contributed by atoms with Crippen molar-refractivity contribution in [2.45, 2.75) is 20.0 Å². The molecular formula is C11H15N5O2. The van der Waals surface area contributed by atoms with Gasteiger partial charge in [0.1, 0.15) is 5.82 Å². The molecule has 2 N–H and O–H groups in total. The van der Waals surface area contributed by atoms with Crippen LogP contribution in [-0.2, 0) is 17.8 Å². The topological polar surface area (TPSA) is 88.0 Å². The number of esters is 1. The Bertz CT molecular complexity index is 531. The van der Waals surface area contributed by atoms with Gasteiger partial charge >= 0.3 is 5.97 Å². The molecular weight excluding hydrogens is 234 g/mol. The maximum absolute atomic E-state index is 11.4. The molecule has 7 heteroatoms. The van der Waals surface area contributed by atoms with Crippen molar-refractivity contribution < 1.29 is 9.53 Å². The number of aryl methyl sites for hydroxylation is 2. The minimum absolute atomic E-state index is 0.355. The second-order valence-electron chi connectivity index (χ2n) is 3.72. The summed E-state index contributed by atoms with van der Waals surface area (Å²) in [6, 6.07) is 1.73. The summed E-state index contributed by atoms with van der Waals surface area (Å²) in [5.74, 6) is 0.134. The number of aromatic nitrogens is 4. The van der Waals surface area contributed by atoms with Crippen molar-refractivity contribution in [2.24, 2.45) is 0 Å². The van der Waals surface area contributed by atoms with Gasteiger partial charge in [-0.25, -0.2) is 4.79 Å². The fourth-order valence-electron chi connectivity index (χ4n) is 1.51. The summed E-state index contributed by atoms with van der Waals surface area (Å²) in [5.41, 5.74) is 5.96. The Morgan fingerprint density at radius 1 is 1.44 bits per heavy atom. The second kappa shape index (κ2) is 5.35. The Labute approximate surface area is 104 Å². The molecule has 0 saturated heterocycles. The van der Waals surface area contributed by atoms with Gasteiger partial charge in [0.15, 0.2) is 0 Å². The lowest BCUT2D eigenvalue weighted by Crippen LogP contribution is -2.09. The number of nitrogens with two attached hydrogens (primary N) is 1. The molecule has 2 aromatic heterocycles. The van der Waals surface area contributed by atoms with Crippen molar-refractivity contribution in [2.75, 3.05) is 12.3 Å². The lowest BCUT2D eigenvalue weighted by molar-refractivity contribution is 0.0526. The molecule has 0 aliphatic rings. The number of ether oxygens (including phenoxy) is 1. The molecule has 0 saturated carbocycles. The number of nitrogen functional groups attached to an aromatic ring is 1. The van der Waals surface area contributed by atoms with E-state index in [2.05, 4.69) is 10.2 Å². The maximum atomic E-state index is 11.4. The number of carbonyl (C=O) groups is 1. The first-order valence-electron chi connectivity index (χ1n) is 5.67. The van der Waals surface area contributed by atoms with Crippen molar-refractivity contribution in [3.63, 3.8) is 0 Å². The molecule has 18 heavy (non-hydrogen) atoms. The molecule has 0 radical (unpaired) electrons. The number of anilines is 1. The fraction of sp³-hybridized carbons (Fsp3) is 0.364. The Morgan fingerprint density at radius 2 is 2.22 bits per heavy atom. The highest BCUT2D eigenvalue weighted by atomic mass is 16.5. The first-order valence-corrected chi connectivity index (χ1v) is 5.67. The Hall–Kier alpha value is -2.31. The predicted octanol–water partition coefficient (Wildman–Crippen LogP) is 0.539. The minimum Gasteiger partial charge on any atom is -0.462 e. The molecule has 0 aromatic carbocycles. The third-order valence-electron chi connectivity index (χ3n) is 2.36. The Balaban J connectivity index is 1.92. The van der Waals surface area contributed by atoms with Crippen LogP contribution < -0.4 is 5.73 Å². The van der Waals surface area contributed by atoms with Gasteiger partial charge in [0, 0.05) is 12.4 Å². The normalized spacial score (nSPS) is 10.5. The molecule has 7 nitrogen and oxygen atoms in total. The molecule has 0 atom stereocenters. The molecule has 0 bridgehead atoms. The first-order chi connectivity index (χ1) is 8.69. The van der Waals surface area contributed by atoms with Gasteiger partial charge in [-0.15, -0.1) is 0 Å². The van der Waals surface area contributed by atoms with Crippen LogP contribution >= 0.6 is 0 Å². The molecule has 96 valence electrons. The van der Waals surface area contributed by atoms with Crippen LogP contribution in [0.3, 0.4) is 0 Å². The lowest BCUT2D eigenvalue weighted by Gasteiger charge is -2.01. The van der Waals surface area contributed by atoms with Crippen LogP contribution in [0, 0.1) is 0 Å². The van der Waals surface area contributed by atoms with Gasteiger partial charge in [-0.3, -0.25) is 9.36 Å². The number of hydrogen-bond donors (Lipinski definition) is 1. The smallest absolute Gasteiger partial charge is 0.341 e. The highest BCUT2D eigenvalue weighted by Crippen LogP contribution is 2.02. The van der Waals surface area contributed by atoms with Gasteiger partial charge in [0.2, 0.25) is 0 Å². The summed E-state index contributed by atoms with van der Waals surface area (Å²) in [6.45, 7) is 3.38. The number of hydrogen-bond acceptors (Lipinski definition) is 5. The van der Waals surface area contributed by atoms with Crippen LogP contribution in [0.4, 0.5) is 5.82 Å². The van der Waals surface area contributed by atoms with Gasteiger partial charge < -0.3 is 10.5 Å². The fourth-order valence-corrected chi connectivity index (χ4v) is 1.51. The van der Waals surface area contributed by atoms with E-state index in [1.807, 2.05) is 0 Å². The quantitative estimate of drug-likeness (QED) is 0.781. The van der Waals surface area contributed by atoms with E-state index in [9.17, 15) is 4.79 Å². The van der Waals surface area contributed by atoms with E-state index >= 15 is 0 Å². The molecule has 0 unspecified atom stereocenters.